The second-order valence-electron chi connectivity index (χ2n) is 4.75. The van der Waals surface area contributed by atoms with Crippen LogP contribution in [0.25, 0.3) is 0 Å². The van der Waals surface area contributed by atoms with Crippen molar-refractivity contribution in [3.05, 3.63) is 18.2 Å². The molecular formula is C11H16N4O. The van der Waals surface area contributed by atoms with Crippen LogP contribution >= 0.6 is 0 Å². The Morgan fingerprint density at radius 3 is 2.69 bits per heavy atom. The normalized spacial score (nSPS) is 28.4. The molecule has 1 amide bonds. The molecule has 16 heavy (non-hydrogen) atoms. The number of imidazole rings is 1. The molecule has 0 radical (unpaired) electrons. The van der Waals surface area contributed by atoms with Crippen molar-refractivity contribution in [1.29, 1.82) is 0 Å². The number of hydrogen-bond donors (Lipinski definition) is 1. The predicted octanol–water partition coefficient (Wildman–Crippen LogP) is -0.289. The molecular weight excluding hydrogens is 204 g/mol. The molecule has 2 fully saturated rings. The summed E-state index contributed by atoms with van der Waals surface area (Å²) in [6, 6.07) is 0. The van der Waals surface area contributed by atoms with Crippen molar-refractivity contribution < 1.29 is 4.79 Å². The first-order valence-electron chi connectivity index (χ1n) is 5.73. The SMILES string of the molecule is Cn1ccnc1C(=O)N1CC2CNCC2C1. The monoisotopic (exact) mass is 220 g/mol. The minimum Gasteiger partial charge on any atom is -0.335 e. The van der Waals surface area contributed by atoms with Gasteiger partial charge in [0.25, 0.3) is 5.91 Å². The zero-order valence-corrected chi connectivity index (χ0v) is 9.39. The summed E-state index contributed by atoms with van der Waals surface area (Å²) in [6.45, 7) is 3.86. The van der Waals surface area contributed by atoms with Gasteiger partial charge >= 0.3 is 0 Å². The lowest BCUT2D eigenvalue weighted by atomic mass is 10.0. The van der Waals surface area contributed by atoms with Gasteiger partial charge in [0.1, 0.15) is 0 Å². The highest BCUT2D eigenvalue weighted by Gasteiger charge is 2.38. The molecule has 2 saturated heterocycles. The maximum Gasteiger partial charge on any atom is 0.289 e. The summed E-state index contributed by atoms with van der Waals surface area (Å²) in [5, 5.41) is 3.37. The smallest absolute Gasteiger partial charge is 0.289 e. The Hall–Kier alpha value is -1.36. The lowest BCUT2D eigenvalue weighted by Gasteiger charge is -2.16. The number of carbonyl (C=O) groups is 1. The Labute approximate surface area is 94.4 Å². The van der Waals surface area contributed by atoms with Crippen LogP contribution < -0.4 is 5.32 Å². The third-order valence-electron chi connectivity index (χ3n) is 3.69. The number of amides is 1. The number of likely N-dealkylation sites (tertiary alicyclic amines) is 1. The van der Waals surface area contributed by atoms with Crippen LogP contribution in [0.5, 0.6) is 0 Å². The summed E-state index contributed by atoms with van der Waals surface area (Å²) in [6.07, 6.45) is 3.48. The van der Waals surface area contributed by atoms with Gasteiger partial charge in [0, 0.05) is 45.6 Å². The second kappa shape index (κ2) is 3.59. The zero-order valence-electron chi connectivity index (χ0n) is 9.39. The summed E-state index contributed by atoms with van der Waals surface area (Å²) in [7, 11) is 1.86. The van der Waals surface area contributed by atoms with Crippen LogP contribution in [0.4, 0.5) is 0 Å². The van der Waals surface area contributed by atoms with Crippen LogP contribution in [-0.2, 0) is 7.05 Å². The Bertz CT molecular complexity index is 402. The molecule has 2 unspecified atom stereocenters. The first kappa shape index (κ1) is 9.84. The van der Waals surface area contributed by atoms with E-state index in [4.69, 9.17) is 0 Å². The number of aryl methyl sites for hydroxylation is 1. The number of fused-ring (bicyclic) bond motifs is 1. The van der Waals surface area contributed by atoms with Crippen molar-refractivity contribution in [2.75, 3.05) is 26.2 Å². The highest BCUT2D eigenvalue weighted by molar-refractivity contribution is 5.91. The van der Waals surface area contributed by atoms with Gasteiger partial charge in [0.05, 0.1) is 0 Å². The van der Waals surface area contributed by atoms with E-state index in [2.05, 4.69) is 10.3 Å². The molecule has 2 aliphatic rings. The second-order valence-corrected chi connectivity index (χ2v) is 4.75. The van der Waals surface area contributed by atoms with Crippen molar-refractivity contribution in [3.63, 3.8) is 0 Å². The number of aromatic nitrogens is 2. The Kier molecular flexibility index (Phi) is 2.21. The zero-order chi connectivity index (χ0) is 11.1. The van der Waals surface area contributed by atoms with Crippen molar-refractivity contribution >= 4 is 5.91 Å². The largest absolute Gasteiger partial charge is 0.335 e. The van der Waals surface area contributed by atoms with E-state index in [9.17, 15) is 4.79 Å². The van der Waals surface area contributed by atoms with Crippen LogP contribution in [0.1, 0.15) is 10.6 Å². The number of nitrogens with one attached hydrogen (secondary N) is 1. The van der Waals surface area contributed by atoms with Crippen molar-refractivity contribution in [2.24, 2.45) is 18.9 Å². The van der Waals surface area contributed by atoms with Gasteiger partial charge < -0.3 is 14.8 Å². The third-order valence-corrected chi connectivity index (χ3v) is 3.69. The fourth-order valence-electron chi connectivity index (χ4n) is 2.73. The van der Waals surface area contributed by atoms with Crippen LogP contribution in [0, 0.1) is 11.8 Å². The molecule has 5 heteroatoms. The van der Waals surface area contributed by atoms with Crippen molar-refractivity contribution in [2.45, 2.75) is 0 Å². The number of hydrogen-bond acceptors (Lipinski definition) is 3. The molecule has 2 aliphatic heterocycles. The summed E-state index contributed by atoms with van der Waals surface area (Å²) >= 11 is 0. The van der Waals surface area contributed by atoms with Crippen molar-refractivity contribution in [1.82, 2.24) is 19.8 Å². The van der Waals surface area contributed by atoms with E-state index in [-0.39, 0.29) is 5.91 Å². The van der Waals surface area contributed by atoms with Gasteiger partial charge in [-0.25, -0.2) is 4.98 Å². The van der Waals surface area contributed by atoms with Gasteiger partial charge in [-0.15, -0.1) is 0 Å². The highest BCUT2D eigenvalue weighted by Crippen LogP contribution is 2.26. The Balaban J connectivity index is 1.75. The summed E-state index contributed by atoms with van der Waals surface area (Å²) < 4.78 is 1.79. The molecule has 0 aliphatic carbocycles. The molecule has 1 aromatic rings. The maximum absolute atomic E-state index is 12.2. The average molecular weight is 220 g/mol. The van der Waals surface area contributed by atoms with Crippen LogP contribution in [0.2, 0.25) is 0 Å². The van der Waals surface area contributed by atoms with E-state index in [0.717, 1.165) is 26.2 Å². The van der Waals surface area contributed by atoms with Crippen LogP contribution in [0.15, 0.2) is 12.4 Å². The molecule has 5 nitrogen and oxygen atoms in total. The molecule has 0 saturated carbocycles. The molecule has 1 N–H and O–H groups in total. The first-order chi connectivity index (χ1) is 7.75. The highest BCUT2D eigenvalue weighted by atomic mass is 16.2. The summed E-state index contributed by atoms with van der Waals surface area (Å²) in [5.74, 6) is 1.91. The fraction of sp³-hybridized carbons (Fsp3) is 0.636. The molecule has 2 atom stereocenters. The average Bonchev–Trinajstić information content (AvgIpc) is 2.89. The van der Waals surface area contributed by atoms with Crippen molar-refractivity contribution in [3.8, 4) is 0 Å². The number of carbonyl (C=O) groups excluding carboxylic acids is 1. The van der Waals surface area contributed by atoms with Crippen LogP contribution in [0.3, 0.4) is 0 Å². The van der Waals surface area contributed by atoms with Gasteiger partial charge in [-0.1, -0.05) is 0 Å². The molecule has 3 heterocycles. The molecule has 0 bridgehead atoms. The van der Waals surface area contributed by atoms with E-state index in [1.54, 1.807) is 10.8 Å². The van der Waals surface area contributed by atoms with Gasteiger partial charge in [-0.05, 0) is 11.8 Å². The van der Waals surface area contributed by atoms with E-state index in [1.807, 2.05) is 18.1 Å². The molecule has 86 valence electrons. The van der Waals surface area contributed by atoms with Gasteiger partial charge in [-0.2, -0.15) is 0 Å². The number of nitrogens with zero attached hydrogens (tertiary/aromatic N) is 3. The number of rotatable bonds is 1. The molecule has 3 rings (SSSR count). The van der Waals surface area contributed by atoms with Gasteiger partial charge in [0.2, 0.25) is 0 Å². The summed E-state index contributed by atoms with van der Waals surface area (Å²) in [5.41, 5.74) is 0. The quantitative estimate of drug-likeness (QED) is 0.707. The van der Waals surface area contributed by atoms with E-state index in [0.29, 0.717) is 17.7 Å². The van der Waals surface area contributed by atoms with E-state index < -0.39 is 0 Å². The lowest BCUT2D eigenvalue weighted by Crippen LogP contribution is -2.33. The molecule has 0 spiro atoms. The van der Waals surface area contributed by atoms with E-state index in [1.165, 1.54) is 0 Å². The molecule has 1 aromatic heterocycles. The molecule has 0 aromatic carbocycles. The van der Waals surface area contributed by atoms with Gasteiger partial charge in [-0.3, -0.25) is 4.79 Å². The standard InChI is InChI=1S/C11H16N4O/c1-14-3-2-13-10(14)11(16)15-6-8-4-12-5-9(8)7-15/h2-3,8-9,12H,4-7H2,1H3. The minimum atomic E-state index is 0.0712. The van der Waals surface area contributed by atoms with Gasteiger partial charge in [0.15, 0.2) is 5.82 Å². The Morgan fingerprint density at radius 2 is 2.12 bits per heavy atom. The van der Waals surface area contributed by atoms with E-state index >= 15 is 0 Å². The predicted molar refractivity (Wildman–Crippen MR) is 59.0 cm³/mol. The summed E-state index contributed by atoms with van der Waals surface area (Å²) in [4.78, 5) is 18.2. The Morgan fingerprint density at radius 1 is 1.44 bits per heavy atom. The fourth-order valence-corrected chi connectivity index (χ4v) is 2.73. The third kappa shape index (κ3) is 1.43. The first-order valence-corrected chi connectivity index (χ1v) is 5.73. The van der Waals surface area contributed by atoms with Crippen LogP contribution in [-0.4, -0.2) is 46.5 Å². The topological polar surface area (TPSA) is 50.2 Å². The minimum absolute atomic E-state index is 0.0712. The lowest BCUT2D eigenvalue weighted by molar-refractivity contribution is 0.0766. The maximum atomic E-state index is 12.2.